The van der Waals surface area contributed by atoms with Crippen molar-refractivity contribution >= 4 is 5.91 Å². The van der Waals surface area contributed by atoms with Crippen LogP contribution in [-0.4, -0.2) is 33.9 Å². The van der Waals surface area contributed by atoms with Crippen LogP contribution in [0.5, 0.6) is 0 Å². The van der Waals surface area contributed by atoms with Crippen molar-refractivity contribution in [2.24, 2.45) is 0 Å². The van der Waals surface area contributed by atoms with Crippen LogP contribution in [0.1, 0.15) is 26.5 Å². The van der Waals surface area contributed by atoms with Crippen LogP contribution in [0.2, 0.25) is 0 Å². The van der Waals surface area contributed by atoms with Gasteiger partial charge in [0.05, 0.1) is 17.8 Å². The summed E-state index contributed by atoms with van der Waals surface area (Å²) in [6.07, 6.45) is 1.76. The first-order chi connectivity index (χ1) is 7.99. The highest BCUT2D eigenvalue weighted by Crippen LogP contribution is 2.17. The van der Waals surface area contributed by atoms with Crippen LogP contribution in [0, 0.1) is 0 Å². The first kappa shape index (κ1) is 12.0. The normalized spacial score (nSPS) is 23.8. The Bertz CT molecular complexity index is 402. The number of amides is 1. The van der Waals surface area contributed by atoms with Gasteiger partial charge >= 0.3 is 0 Å². The van der Waals surface area contributed by atoms with Crippen LogP contribution >= 0.6 is 0 Å². The molecule has 4 nitrogen and oxygen atoms in total. The molecule has 92 valence electrons. The zero-order valence-electron chi connectivity index (χ0n) is 10.6. The minimum atomic E-state index is -0.480. The molecule has 1 aromatic heterocycles. The summed E-state index contributed by atoms with van der Waals surface area (Å²) in [4.78, 5) is 18.4. The molecule has 0 spiro atoms. The third-order valence-corrected chi connectivity index (χ3v) is 3.00. The monoisotopic (exact) mass is 233 g/mol. The zero-order chi connectivity index (χ0) is 12.5. The van der Waals surface area contributed by atoms with E-state index in [9.17, 15) is 4.79 Å². The molecule has 0 saturated carbocycles. The van der Waals surface area contributed by atoms with Crippen molar-refractivity contribution in [3.63, 3.8) is 0 Å². The number of carbonyl (C=O) groups is 1. The van der Waals surface area contributed by atoms with Gasteiger partial charge in [-0.2, -0.15) is 0 Å². The summed E-state index contributed by atoms with van der Waals surface area (Å²) in [5.41, 5.74) is 0.456. The van der Waals surface area contributed by atoms with Gasteiger partial charge in [0.25, 0.3) is 0 Å². The second kappa shape index (κ2) is 4.45. The minimum absolute atomic E-state index is 0.140. The van der Waals surface area contributed by atoms with Crippen molar-refractivity contribution in [3.8, 4) is 0 Å². The fourth-order valence-electron chi connectivity index (χ4n) is 2.36. The summed E-state index contributed by atoms with van der Waals surface area (Å²) in [5, 5.41) is 3.31. The van der Waals surface area contributed by atoms with Gasteiger partial charge in [-0.1, -0.05) is 6.07 Å². The topological polar surface area (TPSA) is 45.2 Å². The molecular weight excluding hydrogens is 214 g/mol. The lowest BCUT2D eigenvalue weighted by Crippen LogP contribution is -2.64. The first-order valence-electron chi connectivity index (χ1n) is 5.96. The number of rotatable bonds is 2. The number of aromatic nitrogens is 1. The highest BCUT2D eigenvalue weighted by molar-refractivity contribution is 5.86. The molecule has 1 saturated heterocycles. The summed E-state index contributed by atoms with van der Waals surface area (Å²) < 4.78 is 0. The smallest absolute Gasteiger partial charge is 0.242 e. The highest BCUT2D eigenvalue weighted by Gasteiger charge is 2.38. The molecule has 4 heteroatoms. The van der Waals surface area contributed by atoms with Crippen LogP contribution in [-0.2, 0) is 11.3 Å². The Balaban J connectivity index is 2.13. The molecule has 0 bridgehead atoms. The molecule has 1 aromatic rings. The van der Waals surface area contributed by atoms with E-state index in [4.69, 9.17) is 0 Å². The molecule has 1 aliphatic heterocycles. The van der Waals surface area contributed by atoms with Crippen molar-refractivity contribution in [2.45, 2.75) is 38.9 Å². The third-order valence-electron chi connectivity index (χ3n) is 3.00. The van der Waals surface area contributed by atoms with Gasteiger partial charge in [-0.3, -0.25) is 15.1 Å². The van der Waals surface area contributed by atoms with Crippen LogP contribution in [0.4, 0.5) is 0 Å². The van der Waals surface area contributed by atoms with Crippen molar-refractivity contribution < 1.29 is 4.79 Å². The lowest BCUT2D eigenvalue weighted by Gasteiger charge is -2.41. The van der Waals surface area contributed by atoms with Crippen LogP contribution in [0.15, 0.2) is 24.4 Å². The van der Waals surface area contributed by atoms with Crippen molar-refractivity contribution in [2.75, 3.05) is 6.54 Å². The second-order valence-electron chi connectivity index (χ2n) is 5.18. The van der Waals surface area contributed by atoms with Gasteiger partial charge in [0, 0.05) is 18.8 Å². The van der Waals surface area contributed by atoms with E-state index in [0.717, 1.165) is 12.2 Å². The Hall–Kier alpha value is -1.42. The molecule has 1 unspecified atom stereocenters. The number of nitrogens with zero attached hydrogens (tertiary/aromatic N) is 2. The van der Waals surface area contributed by atoms with E-state index in [2.05, 4.69) is 17.2 Å². The predicted molar refractivity (Wildman–Crippen MR) is 66.3 cm³/mol. The quantitative estimate of drug-likeness (QED) is 0.834. The van der Waals surface area contributed by atoms with E-state index in [1.165, 1.54) is 0 Å². The van der Waals surface area contributed by atoms with Crippen LogP contribution in [0.3, 0.4) is 0 Å². The Morgan fingerprint density at radius 1 is 1.53 bits per heavy atom. The summed E-state index contributed by atoms with van der Waals surface area (Å²) in [6, 6.07) is 6.10. The summed E-state index contributed by atoms with van der Waals surface area (Å²) in [6.45, 7) is 7.28. The molecule has 2 rings (SSSR count). The number of pyridine rings is 1. The zero-order valence-corrected chi connectivity index (χ0v) is 10.6. The van der Waals surface area contributed by atoms with E-state index in [-0.39, 0.29) is 5.91 Å². The van der Waals surface area contributed by atoms with Crippen molar-refractivity contribution in [1.29, 1.82) is 0 Å². The second-order valence-corrected chi connectivity index (χ2v) is 5.18. The first-order valence-corrected chi connectivity index (χ1v) is 5.96. The number of hydrogen-bond donors (Lipinski definition) is 1. The highest BCUT2D eigenvalue weighted by atomic mass is 16.2. The Morgan fingerprint density at radius 2 is 2.29 bits per heavy atom. The Morgan fingerprint density at radius 3 is 2.94 bits per heavy atom. The molecule has 2 heterocycles. The summed E-state index contributed by atoms with van der Waals surface area (Å²) in [5.74, 6) is 0.140. The molecule has 1 atom stereocenters. The van der Waals surface area contributed by atoms with Crippen LogP contribution in [0.25, 0.3) is 0 Å². The molecule has 0 aromatic carbocycles. The van der Waals surface area contributed by atoms with E-state index in [1.54, 1.807) is 6.20 Å². The van der Waals surface area contributed by atoms with E-state index in [1.807, 2.05) is 36.9 Å². The number of hydrogen-bond acceptors (Lipinski definition) is 3. The van der Waals surface area contributed by atoms with Crippen molar-refractivity contribution in [1.82, 2.24) is 15.2 Å². The number of piperazine rings is 1. The van der Waals surface area contributed by atoms with Crippen molar-refractivity contribution in [3.05, 3.63) is 30.1 Å². The molecule has 1 aliphatic rings. The maximum absolute atomic E-state index is 12.2. The maximum atomic E-state index is 12.2. The fourth-order valence-corrected chi connectivity index (χ4v) is 2.36. The van der Waals surface area contributed by atoms with Crippen LogP contribution < -0.4 is 5.32 Å². The maximum Gasteiger partial charge on any atom is 0.242 e. The van der Waals surface area contributed by atoms with Gasteiger partial charge in [-0.05, 0) is 32.9 Å². The lowest BCUT2D eigenvalue weighted by molar-refractivity contribution is -0.142. The molecule has 1 fully saturated rings. The van der Waals surface area contributed by atoms with E-state index >= 15 is 0 Å². The Kier molecular flexibility index (Phi) is 3.15. The molecule has 17 heavy (non-hydrogen) atoms. The van der Waals surface area contributed by atoms with Gasteiger partial charge in [0.15, 0.2) is 0 Å². The standard InChI is InChI=1S/C13H19N3O/c1-10-8-16(12(17)13(2,3)15-10)9-11-6-4-5-7-14-11/h4-7,10,15H,8-9H2,1-3H3. The van der Waals surface area contributed by atoms with Gasteiger partial charge in [-0.25, -0.2) is 0 Å². The van der Waals surface area contributed by atoms with E-state index < -0.39 is 5.54 Å². The van der Waals surface area contributed by atoms with Gasteiger partial charge < -0.3 is 4.90 Å². The summed E-state index contributed by atoms with van der Waals surface area (Å²) in [7, 11) is 0. The lowest BCUT2D eigenvalue weighted by atomic mass is 9.97. The van der Waals surface area contributed by atoms with Gasteiger partial charge in [-0.15, -0.1) is 0 Å². The molecular formula is C13H19N3O. The van der Waals surface area contributed by atoms with Gasteiger partial charge in [0.1, 0.15) is 0 Å². The average Bonchev–Trinajstić information content (AvgIpc) is 2.26. The molecule has 1 N–H and O–H groups in total. The molecule has 0 radical (unpaired) electrons. The average molecular weight is 233 g/mol. The third kappa shape index (κ3) is 2.64. The fraction of sp³-hybridized carbons (Fsp3) is 0.538. The Labute approximate surface area is 102 Å². The number of nitrogens with one attached hydrogen (secondary N) is 1. The largest absolute Gasteiger partial charge is 0.334 e. The van der Waals surface area contributed by atoms with Gasteiger partial charge in [0.2, 0.25) is 5.91 Å². The predicted octanol–water partition coefficient (Wildman–Crippen LogP) is 1.18. The molecule has 0 aliphatic carbocycles. The SMILES string of the molecule is CC1CN(Cc2ccccn2)C(=O)C(C)(C)N1. The molecule has 1 amide bonds. The minimum Gasteiger partial charge on any atom is -0.334 e. The van der Waals surface area contributed by atoms with E-state index in [0.29, 0.717) is 12.6 Å². The number of carbonyl (C=O) groups excluding carboxylic acids is 1. The summed E-state index contributed by atoms with van der Waals surface area (Å²) >= 11 is 0.